The maximum atomic E-state index is 12.8. The van der Waals surface area contributed by atoms with Gasteiger partial charge in [0.1, 0.15) is 7.85 Å². The summed E-state index contributed by atoms with van der Waals surface area (Å²) in [6, 6.07) is 16.6. The Morgan fingerprint density at radius 2 is 1.24 bits per heavy atom. The van der Waals surface area contributed by atoms with Gasteiger partial charge in [-0.15, -0.1) is 0 Å². The van der Waals surface area contributed by atoms with Crippen molar-refractivity contribution in [3.05, 3.63) is 76.9 Å². The lowest BCUT2D eigenvalue weighted by Gasteiger charge is -2.20. The molecule has 0 spiro atoms. The molecule has 21 heavy (non-hydrogen) atoms. The van der Waals surface area contributed by atoms with Gasteiger partial charge in [-0.1, -0.05) is 60.1 Å². The number of rotatable bonds is 0. The van der Waals surface area contributed by atoms with Gasteiger partial charge in [-0.3, -0.25) is 9.59 Å². The summed E-state index contributed by atoms with van der Waals surface area (Å²) in [6.45, 7) is 0. The van der Waals surface area contributed by atoms with Crippen molar-refractivity contribution in [1.82, 2.24) is 0 Å². The summed E-state index contributed by atoms with van der Waals surface area (Å²) in [5.74, 6) is -0.120. The van der Waals surface area contributed by atoms with Gasteiger partial charge in [-0.2, -0.15) is 0 Å². The molecule has 4 rings (SSSR count). The Balaban J connectivity index is 2.17. The molecule has 0 saturated heterocycles. The van der Waals surface area contributed by atoms with Crippen LogP contribution in [0.15, 0.2) is 54.6 Å². The van der Waals surface area contributed by atoms with Gasteiger partial charge in [0.05, 0.1) is 0 Å². The molecule has 0 bridgehead atoms. The number of carbonyl (C=O) groups excluding carboxylic acids is 2. The molecule has 0 heterocycles. The highest BCUT2D eigenvalue weighted by Gasteiger charge is 2.31. The van der Waals surface area contributed by atoms with Crippen LogP contribution in [0.1, 0.15) is 31.8 Å². The normalized spacial score (nSPS) is 13.1. The van der Waals surface area contributed by atoms with Gasteiger partial charge in [-0.25, -0.2) is 0 Å². The molecule has 0 N–H and O–H groups in total. The van der Waals surface area contributed by atoms with E-state index in [0.717, 1.165) is 16.2 Å². The summed E-state index contributed by atoms with van der Waals surface area (Å²) in [5.41, 5.74) is 3.09. The summed E-state index contributed by atoms with van der Waals surface area (Å²) >= 11 is 0. The fourth-order valence-electron chi connectivity index (χ4n) is 3.14. The highest BCUT2D eigenvalue weighted by atomic mass is 16.1. The van der Waals surface area contributed by atoms with Crippen LogP contribution < -0.4 is 5.46 Å². The molecule has 1 aliphatic rings. The Morgan fingerprint density at radius 3 is 1.95 bits per heavy atom. The fraction of sp³-hybridized carbons (Fsp3) is 0. The number of carbonyl (C=O) groups is 2. The van der Waals surface area contributed by atoms with E-state index in [2.05, 4.69) is 0 Å². The van der Waals surface area contributed by atoms with Crippen LogP contribution in [0.2, 0.25) is 0 Å². The predicted octanol–water partition coefficient (Wildman–Crippen LogP) is 1.87. The van der Waals surface area contributed by atoms with E-state index in [1.54, 1.807) is 24.3 Å². The predicted molar refractivity (Wildman–Crippen MR) is 85.4 cm³/mol. The summed E-state index contributed by atoms with van der Waals surface area (Å²) in [6.07, 6.45) is 0. The Morgan fingerprint density at radius 1 is 0.667 bits per heavy atom. The van der Waals surface area contributed by atoms with Crippen LogP contribution >= 0.6 is 0 Å². The van der Waals surface area contributed by atoms with Gasteiger partial charge in [0.25, 0.3) is 0 Å². The zero-order valence-electron chi connectivity index (χ0n) is 11.5. The second-order valence-electron chi connectivity index (χ2n) is 5.37. The van der Waals surface area contributed by atoms with E-state index in [-0.39, 0.29) is 11.6 Å². The lowest BCUT2D eigenvalue weighted by atomic mass is 9.77. The highest BCUT2D eigenvalue weighted by molar-refractivity contribution is 6.42. The van der Waals surface area contributed by atoms with Gasteiger partial charge in [0.15, 0.2) is 11.6 Å². The molecule has 0 amide bonds. The van der Waals surface area contributed by atoms with E-state index < -0.39 is 0 Å². The van der Waals surface area contributed by atoms with Crippen LogP contribution in [0.3, 0.4) is 0 Å². The number of fused-ring (bicyclic) bond motifs is 4. The van der Waals surface area contributed by atoms with Crippen molar-refractivity contribution in [3.8, 4) is 0 Å². The molecular weight excluding hydrogens is 259 g/mol. The van der Waals surface area contributed by atoms with E-state index in [1.807, 2.05) is 38.2 Å². The average Bonchev–Trinajstić information content (AvgIpc) is 2.53. The van der Waals surface area contributed by atoms with Crippen molar-refractivity contribution in [3.63, 3.8) is 0 Å². The van der Waals surface area contributed by atoms with E-state index >= 15 is 0 Å². The van der Waals surface area contributed by atoms with E-state index in [4.69, 9.17) is 0 Å². The molecular formula is C18H11BO2. The maximum absolute atomic E-state index is 12.8. The molecule has 0 saturated carbocycles. The van der Waals surface area contributed by atoms with E-state index in [9.17, 15) is 9.59 Å². The van der Waals surface area contributed by atoms with E-state index in [0.29, 0.717) is 22.3 Å². The first-order chi connectivity index (χ1) is 10.2. The van der Waals surface area contributed by atoms with Crippen molar-refractivity contribution >= 4 is 35.6 Å². The first-order valence-electron chi connectivity index (χ1n) is 6.89. The smallest absolute Gasteiger partial charge is 0.195 e. The summed E-state index contributed by atoms with van der Waals surface area (Å²) in [7, 11) is 1.97. The first kappa shape index (κ1) is 12.1. The number of benzene rings is 3. The molecule has 3 aromatic carbocycles. The Labute approximate surface area is 122 Å². The third-order valence-electron chi connectivity index (χ3n) is 4.14. The second-order valence-corrected chi connectivity index (χ2v) is 5.37. The van der Waals surface area contributed by atoms with Gasteiger partial charge >= 0.3 is 0 Å². The highest BCUT2D eigenvalue weighted by Crippen LogP contribution is 2.31. The standard InChI is InChI=1S/C18H11BO2/c19-15-9-14-16(11-6-2-1-5-10(11)15)18(21)13-8-4-3-7-12(13)17(14)20/h1-9H,19H2. The monoisotopic (exact) mass is 270 g/mol. The van der Waals surface area contributed by atoms with Gasteiger partial charge in [0.2, 0.25) is 0 Å². The molecule has 0 fully saturated rings. The largest absolute Gasteiger partial charge is 0.289 e. The van der Waals surface area contributed by atoms with Crippen LogP contribution in [0.4, 0.5) is 0 Å². The van der Waals surface area contributed by atoms with Crippen LogP contribution in [-0.2, 0) is 0 Å². The molecule has 3 aromatic rings. The lowest BCUT2D eigenvalue weighted by molar-refractivity contribution is 0.0980. The molecule has 0 unspecified atom stereocenters. The summed E-state index contributed by atoms with van der Waals surface area (Å²) in [4.78, 5) is 25.5. The molecule has 3 heteroatoms. The minimum Gasteiger partial charge on any atom is -0.289 e. The number of hydrogen-bond acceptors (Lipinski definition) is 2. The molecule has 0 atom stereocenters. The lowest BCUT2D eigenvalue weighted by Crippen LogP contribution is -2.24. The third kappa shape index (κ3) is 1.54. The van der Waals surface area contributed by atoms with Crippen molar-refractivity contribution < 1.29 is 9.59 Å². The number of hydrogen-bond donors (Lipinski definition) is 0. The Bertz CT molecular complexity index is 941. The maximum Gasteiger partial charge on any atom is 0.195 e. The second kappa shape index (κ2) is 4.16. The molecule has 0 aromatic heterocycles. The fourth-order valence-corrected chi connectivity index (χ4v) is 3.14. The van der Waals surface area contributed by atoms with E-state index in [1.165, 1.54) is 0 Å². The molecule has 2 nitrogen and oxygen atoms in total. The molecule has 1 aliphatic carbocycles. The van der Waals surface area contributed by atoms with Gasteiger partial charge < -0.3 is 0 Å². The molecule has 0 radical (unpaired) electrons. The minimum absolute atomic E-state index is 0.0589. The van der Waals surface area contributed by atoms with Crippen LogP contribution in [0, 0.1) is 0 Å². The van der Waals surface area contributed by atoms with Gasteiger partial charge in [0, 0.05) is 22.3 Å². The van der Waals surface area contributed by atoms with Crippen LogP contribution in [0.5, 0.6) is 0 Å². The van der Waals surface area contributed by atoms with Crippen LogP contribution in [-0.4, -0.2) is 19.4 Å². The zero-order chi connectivity index (χ0) is 14.6. The Kier molecular flexibility index (Phi) is 2.39. The minimum atomic E-state index is -0.0611. The van der Waals surface area contributed by atoms with Crippen molar-refractivity contribution in [2.75, 3.05) is 0 Å². The zero-order valence-corrected chi connectivity index (χ0v) is 11.5. The quantitative estimate of drug-likeness (QED) is 0.457. The SMILES string of the molecule is Bc1cc2c(c3ccccc13)C(=O)c1ccccc1C2=O. The van der Waals surface area contributed by atoms with Crippen molar-refractivity contribution in [2.45, 2.75) is 0 Å². The van der Waals surface area contributed by atoms with Crippen molar-refractivity contribution in [1.29, 1.82) is 0 Å². The third-order valence-corrected chi connectivity index (χ3v) is 4.14. The summed E-state index contributed by atoms with van der Waals surface area (Å²) in [5, 5.41) is 1.89. The van der Waals surface area contributed by atoms with Crippen molar-refractivity contribution in [2.24, 2.45) is 0 Å². The molecule has 0 aliphatic heterocycles. The molecule has 98 valence electrons. The summed E-state index contributed by atoms with van der Waals surface area (Å²) < 4.78 is 0. The number of ketones is 2. The topological polar surface area (TPSA) is 34.1 Å². The van der Waals surface area contributed by atoms with Crippen LogP contribution in [0.25, 0.3) is 10.8 Å². The first-order valence-corrected chi connectivity index (χ1v) is 6.89. The average molecular weight is 270 g/mol. The van der Waals surface area contributed by atoms with Gasteiger partial charge in [-0.05, 0) is 10.8 Å². The Hall–Kier alpha value is -2.68.